The average molecular weight is 137 g/mol. The Bertz CT molecular complexity index is 231. The first-order valence-electron chi connectivity index (χ1n) is 2.75. The Morgan fingerprint density at radius 3 is 2.89 bits per heavy atom. The molecule has 0 amide bonds. The number of hydrogen-bond donors (Lipinski definition) is 0. The van der Waals surface area contributed by atoms with E-state index in [1.165, 1.54) is 4.88 Å². The smallest absolute Gasteiger partial charge is 0.0695 e. The van der Waals surface area contributed by atoms with Gasteiger partial charge in [0.15, 0.2) is 0 Å². The number of nitriles is 1. The minimum atomic E-state index is 0.554. The first kappa shape index (κ1) is 6.31. The normalized spacial score (nSPS) is 8.89. The minimum absolute atomic E-state index is 0.554. The van der Waals surface area contributed by atoms with Crippen LogP contribution in [0.25, 0.3) is 0 Å². The van der Waals surface area contributed by atoms with Crippen LogP contribution < -0.4 is 0 Å². The van der Waals surface area contributed by atoms with Gasteiger partial charge in [0.25, 0.3) is 0 Å². The van der Waals surface area contributed by atoms with Gasteiger partial charge in [0.05, 0.1) is 12.5 Å². The van der Waals surface area contributed by atoms with E-state index in [9.17, 15) is 0 Å². The van der Waals surface area contributed by atoms with E-state index in [1.807, 2.05) is 19.1 Å². The summed E-state index contributed by atoms with van der Waals surface area (Å²) in [5, 5.41) is 8.29. The predicted molar refractivity (Wildman–Crippen MR) is 38.4 cm³/mol. The molecule has 1 aromatic heterocycles. The molecule has 9 heavy (non-hydrogen) atoms. The van der Waals surface area contributed by atoms with E-state index in [4.69, 9.17) is 5.26 Å². The van der Waals surface area contributed by atoms with Gasteiger partial charge in [0, 0.05) is 9.75 Å². The topological polar surface area (TPSA) is 23.8 Å². The summed E-state index contributed by atoms with van der Waals surface area (Å²) >= 11 is 1.69. The van der Waals surface area contributed by atoms with Gasteiger partial charge >= 0.3 is 0 Å². The molecule has 0 saturated heterocycles. The summed E-state index contributed by atoms with van der Waals surface area (Å²) in [6, 6.07) is 6.15. The predicted octanol–water partition coefficient (Wildman–Crippen LogP) is 2.12. The van der Waals surface area contributed by atoms with Crippen LogP contribution in [0.4, 0.5) is 0 Å². The Kier molecular flexibility index (Phi) is 1.86. The monoisotopic (exact) mass is 137 g/mol. The zero-order chi connectivity index (χ0) is 6.69. The van der Waals surface area contributed by atoms with Gasteiger partial charge in [-0.3, -0.25) is 0 Å². The zero-order valence-electron chi connectivity index (χ0n) is 5.22. The third-order valence-electron chi connectivity index (χ3n) is 1.05. The molecule has 0 spiro atoms. The van der Waals surface area contributed by atoms with E-state index < -0.39 is 0 Å². The van der Waals surface area contributed by atoms with Gasteiger partial charge in [0.1, 0.15) is 0 Å². The molecule has 0 aliphatic heterocycles. The van der Waals surface area contributed by atoms with Gasteiger partial charge in [-0.05, 0) is 19.1 Å². The summed E-state index contributed by atoms with van der Waals surface area (Å²) in [4.78, 5) is 2.44. The van der Waals surface area contributed by atoms with Crippen LogP contribution in [0.5, 0.6) is 0 Å². The second-order valence-corrected chi connectivity index (χ2v) is 3.22. The van der Waals surface area contributed by atoms with Gasteiger partial charge in [-0.2, -0.15) is 5.26 Å². The zero-order valence-corrected chi connectivity index (χ0v) is 6.03. The third kappa shape index (κ3) is 1.55. The van der Waals surface area contributed by atoms with Crippen LogP contribution >= 0.6 is 11.3 Å². The van der Waals surface area contributed by atoms with E-state index in [1.54, 1.807) is 11.3 Å². The lowest BCUT2D eigenvalue weighted by Gasteiger charge is -1.78. The van der Waals surface area contributed by atoms with E-state index in [2.05, 4.69) is 6.07 Å². The van der Waals surface area contributed by atoms with Crippen molar-refractivity contribution in [1.29, 1.82) is 5.26 Å². The number of hydrogen-bond acceptors (Lipinski definition) is 2. The summed E-state index contributed by atoms with van der Waals surface area (Å²) in [7, 11) is 0. The molecule has 0 fully saturated rings. The molecule has 1 rings (SSSR count). The summed E-state index contributed by atoms with van der Waals surface area (Å²) in [6.45, 7) is 2.05. The molecule has 0 bridgehead atoms. The van der Waals surface area contributed by atoms with Gasteiger partial charge in [0.2, 0.25) is 0 Å². The fourth-order valence-corrected chi connectivity index (χ4v) is 1.48. The van der Waals surface area contributed by atoms with Crippen molar-refractivity contribution in [2.75, 3.05) is 0 Å². The standard InChI is InChI=1S/C7H7NS/c1-6-2-3-7(9-6)4-5-8/h2-3H,4H2,1H3. The van der Waals surface area contributed by atoms with Crippen molar-refractivity contribution >= 4 is 11.3 Å². The van der Waals surface area contributed by atoms with Crippen molar-refractivity contribution < 1.29 is 0 Å². The van der Waals surface area contributed by atoms with Crippen LogP contribution in [-0.4, -0.2) is 0 Å². The van der Waals surface area contributed by atoms with Gasteiger partial charge in [-0.1, -0.05) is 0 Å². The van der Waals surface area contributed by atoms with Gasteiger partial charge < -0.3 is 0 Å². The SMILES string of the molecule is Cc1ccc(CC#N)s1. The molecule has 0 aliphatic rings. The highest BCUT2D eigenvalue weighted by Gasteiger charge is 1.92. The molecule has 0 saturated carbocycles. The van der Waals surface area contributed by atoms with E-state index in [-0.39, 0.29) is 0 Å². The molecule has 0 N–H and O–H groups in total. The molecule has 46 valence electrons. The highest BCUT2D eigenvalue weighted by molar-refractivity contribution is 7.11. The van der Waals surface area contributed by atoms with E-state index in [0.29, 0.717) is 6.42 Å². The Labute approximate surface area is 58.6 Å². The van der Waals surface area contributed by atoms with Crippen LogP contribution in [0.15, 0.2) is 12.1 Å². The van der Waals surface area contributed by atoms with Crippen molar-refractivity contribution in [3.05, 3.63) is 21.9 Å². The number of aryl methyl sites for hydroxylation is 1. The van der Waals surface area contributed by atoms with Crippen molar-refractivity contribution in [3.8, 4) is 6.07 Å². The van der Waals surface area contributed by atoms with Crippen molar-refractivity contribution in [3.63, 3.8) is 0 Å². The average Bonchev–Trinajstić information content (AvgIpc) is 2.17. The lowest BCUT2D eigenvalue weighted by molar-refractivity contribution is 1.32. The van der Waals surface area contributed by atoms with Gasteiger partial charge in [-0.25, -0.2) is 0 Å². The van der Waals surface area contributed by atoms with Crippen LogP contribution in [0.3, 0.4) is 0 Å². The Hall–Kier alpha value is -0.810. The van der Waals surface area contributed by atoms with Crippen LogP contribution in [0.2, 0.25) is 0 Å². The fraction of sp³-hybridized carbons (Fsp3) is 0.286. The molecule has 0 unspecified atom stereocenters. The Balaban J connectivity index is 2.76. The quantitative estimate of drug-likeness (QED) is 0.581. The third-order valence-corrected chi connectivity index (χ3v) is 2.05. The summed E-state index contributed by atoms with van der Waals surface area (Å²) in [6.07, 6.45) is 0.554. The first-order chi connectivity index (χ1) is 4.33. The lowest BCUT2D eigenvalue weighted by atomic mass is 10.4. The Morgan fingerprint density at radius 2 is 2.44 bits per heavy atom. The maximum absolute atomic E-state index is 8.29. The minimum Gasteiger partial charge on any atom is -0.198 e. The molecule has 1 nitrogen and oxygen atoms in total. The number of nitrogens with zero attached hydrogens (tertiary/aromatic N) is 1. The van der Waals surface area contributed by atoms with E-state index >= 15 is 0 Å². The first-order valence-corrected chi connectivity index (χ1v) is 3.57. The van der Waals surface area contributed by atoms with Gasteiger partial charge in [-0.15, -0.1) is 11.3 Å². The van der Waals surface area contributed by atoms with Crippen molar-refractivity contribution in [1.82, 2.24) is 0 Å². The molecule has 0 aromatic carbocycles. The van der Waals surface area contributed by atoms with Crippen LogP contribution in [0.1, 0.15) is 9.75 Å². The molecular weight excluding hydrogens is 130 g/mol. The maximum Gasteiger partial charge on any atom is 0.0695 e. The fourth-order valence-electron chi connectivity index (χ4n) is 0.658. The van der Waals surface area contributed by atoms with Crippen molar-refractivity contribution in [2.24, 2.45) is 0 Å². The molecule has 0 aliphatic carbocycles. The summed E-state index contributed by atoms with van der Waals surface area (Å²) in [5.41, 5.74) is 0. The van der Waals surface area contributed by atoms with Crippen molar-refractivity contribution in [2.45, 2.75) is 13.3 Å². The summed E-state index contributed by atoms with van der Waals surface area (Å²) < 4.78 is 0. The number of thiophene rings is 1. The Morgan fingerprint density at radius 1 is 1.67 bits per heavy atom. The van der Waals surface area contributed by atoms with E-state index in [0.717, 1.165) is 4.88 Å². The second-order valence-electron chi connectivity index (χ2n) is 1.85. The molecule has 0 radical (unpaired) electrons. The largest absolute Gasteiger partial charge is 0.198 e. The second kappa shape index (κ2) is 2.65. The number of rotatable bonds is 1. The highest BCUT2D eigenvalue weighted by atomic mass is 32.1. The lowest BCUT2D eigenvalue weighted by Crippen LogP contribution is -1.68. The molecule has 2 heteroatoms. The molecule has 0 atom stereocenters. The van der Waals surface area contributed by atoms with Crippen LogP contribution in [-0.2, 0) is 6.42 Å². The van der Waals surface area contributed by atoms with Crippen LogP contribution in [0, 0.1) is 18.3 Å². The molecular formula is C7H7NS. The summed E-state index contributed by atoms with van der Waals surface area (Å²) in [5.74, 6) is 0. The molecule has 1 heterocycles. The highest BCUT2D eigenvalue weighted by Crippen LogP contribution is 2.14. The maximum atomic E-state index is 8.29. The molecule has 1 aromatic rings.